The molecule has 0 unspecified atom stereocenters. The summed E-state index contributed by atoms with van der Waals surface area (Å²) in [7, 11) is 0. The SMILES string of the molecule is O=C(Nc1ncc(Cc2ccc(F)c(F)c2)s1)C1CCN(C(=O)C2CC2)CC1. The molecule has 1 saturated heterocycles. The lowest BCUT2D eigenvalue weighted by molar-refractivity contribution is -0.135. The number of likely N-dealkylation sites (tertiary alicyclic amines) is 1. The summed E-state index contributed by atoms with van der Waals surface area (Å²) in [5.74, 6) is -1.49. The van der Waals surface area contributed by atoms with E-state index in [-0.39, 0.29) is 23.7 Å². The first-order valence-electron chi connectivity index (χ1n) is 9.48. The third kappa shape index (κ3) is 4.38. The first kappa shape index (κ1) is 19.0. The number of rotatable bonds is 5. The van der Waals surface area contributed by atoms with Crippen LogP contribution in [0.4, 0.5) is 13.9 Å². The molecule has 2 aromatic rings. The molecule has 0 bridgehead atoms. The summed E-state index contributed by atoms with van der Waals surface area (Å²) in [6.45, 7) is 1.26. The molecule has 8 heteroatoms. The summed E-state index contributed by atoms with van der Waals surface area (Å²) in [5, 5.41) is 3.35. The van der Waals surface area contributed by atoms with Gasteiger partial charge in [-0.3, -0.25) is 9.59 Å². The second-order valence-corrected chi connectivity index (χ2v) is 8.54. The van der Waals surface area contributed by atoms with Gasteiger partial charge in [0.1, 0.15) is 0 Å². The Labute approximate surface area is 165 Å². The Hall–Kier alpha value is -2.35. The average Bonchev–Trinajstić information content (AvgIpc) is 3.45. The van der Waals surface area contributed by atoms with Crippen LogP contribution in [-0.4, -0.2) is 34.8 Å². The number of thiazole rings is 1. The molecular weight excluding hydrogens is 384 g/mol. The molecule has 1 aromatic carbocycles. The molecule has 4 rings (SSSR count). The minimum absolute atomic E-state index is 0.0766. The van der Waals surface area contributed by atoms with Crippen LogP contribution >= 0.6 is 11.3 Å². The normalized spacial score (nSPS) is 17.6. The lowest BCUT2D eigenvalue weighted by atomic mass is 9.95. The van der Waals surface area contributed by atoms with Gasteiger partial charge in [-0.15, -0.1) is 11.3 Å². The zero-order valence-electron chi connectivity index (χ0n) is 15.3. The number of benzene rings is 1. The van der Waals surface area contributed by atoms with Gasteiger partial charge in [0.05, 0.1) is 0 Å². The fourth-order valence-corrected chi connectivity index (χ4v) is 4.31. The second-order valence-electron chi connectivity index (χ2n) is 7.42. The van der Waals surface area contributed by atoms with E-state index in [0.29, 0.717) is 43.0 Å². The van der Waals surface area contributed by atoms with Crippen molar-refractivity contribution in [3.8, 4) is 0 Å². The van der Waals surface area contributed by atoms with Gasteiger partial charge < -0.3 is 10.2 Å². The highest BCUT2D eigenvalue weighted by Gasteiger charge is 2.36. The quantitative estimate of drug-likeness (QED) is 0.827. The predicted octanol–water partition coefficient (Wildman–Crippen LogP) is 3.60. The number of nitrogens with one attached hydrogen (secondary N) is 1. The number of amides is 2. The molecule has 1 aromatic heterocycles. The van der Waals surface area contributed by atoms with Gasteiger partial charge in [0, 0.05) is 42.4 Å². The van der Waals surface area contributed by atoms with Crippen LogP contribution in [0.2, 0.25) is 0 Å². The Morgan fingerprint density at radius 3 is 2.54 bits per heavy atom. The maximum atomic E-state index is 13.3. The Morgan fingerprint density at radius 2 is 1.86 bits per heavy atom. The Balaban J connectivity index is 1.29. The largest absolute Gasteiger partial charge is 0.342 e. The monoisotopic (exact) mass is 405 g/mol. The van der Waals surface area contributed by atoms with Crippen LogP contribution in [0, 0.1) is 23.5 Å². The lowest BCUT2D eigenvalue weighted by Crippen LogP contribution is -2.42. The minimum atomic E-state index is -0.873. The van der Waals surface area contributed by atoms with E-state index in [9.17, 15) is 18.4 Å². The molecule has 2 amide bonds. The van der Waals surface area contributed by atoms with Crippen molar-refractivity contribution in [3.63, 3.8) is 0 Å². The van der Waals surface area contributed by atoms with Gasteiger partial charge in [-0.2, -0.15) is 0 Å². The van der Waals surface area contributed by atoms with Crippen LogP contribution in [0.15, 0.2) is 24.4 Å². The van der Waals surface area contributed by atoms with Crippen LogP contribution in [0.25, 0.3) is 0 Å². The number of carbonyl (C=O) groups is 2. The van der Waals surface area contributed by atoms with Gasteiger partial charge in [-0.05, 0) is 43.4 Å². The van der Waals surface area contributed by atoms with E-state index in [1.165, 1.54) is 23.5 Å². The predicted molar refractivity (Wildman–Crippen MR) is 102 cm³/mol. The van der Waals surface area contributed by atoms with Gasteiger partial charge in [-0.25, -0.2) is 13.8 Å². The number of hydrogen-bond acceptors (Lipinski definition) is 4. The van der Waals surface area contributed by atoms with Crippen LogP contribution in [0.5, 0.6) is 0 Å². The Morgan fingerprint density at radius 1 is 1.11 bits per heavy atom. The number of piperidine rings is 1. The zero-order valence-corrected chi connectivity index (χ0v) is 16.1. The van der Waals surface area contributed by atoms with E-state index in [0.717, 1.165) is 23.8 Å². The van der Waals surface area contributed by atoms with Crippen LogP contribution < -0.4 is 5.32 Å². The van der Waals surface area contributed by atoms with Crippen molar-refractivity contribution in [2.75, 3.05) is 18.4 Å². The van der Waals surface area contributed by atoms with E-state index in [1.807, 2.05) is 4.90 Å². The summed E-state index contributed by atoms with van der Waals surface area (Å²) in [4.78, 5) is 31.5. The molecular formula is C20H21F2N3O2S. The molecule has 0 spiro atoms. The van der Waals surface area contributed by atoms with E-state index >= 15 is 0 Å². The lowest BCUT2D eigenvalue weighted by Gasteiger charge is -2.31. The van der Waals surface area contributed by atoms with Gasteiger partial charge in [0.15, 0.2) is 16.8 Å². The standard InChI is InChI=1S/C20H21F2N3O2S/c21-16-4-1-12(10-17(16)22)9-15-11-23-20(28-15)24-18(26)13-5-7-25(8-6-13)19(27)14-2-3-14/h1,4,10-11,13-14H,2-3,5-9H2,(H,23,24,26). The molecule has 148 valence electrons. The van der Waals surface area contributed by atoms with Crippen molar-refractivity contribution >= 4 is 28.3 Å². The summed E-state index contributed by atoms with van der Waals surface area (Å²) >= 11 is 1.32. The minimum Gasteiger partial charge on any atom is -0.342 e. The molecule has 0 atom stereocenters. The smallest absolute Gasteiger partial charge is 0.229 e. The molecule has 2 heterocycles. The van der Waals surface area contributed by atoms with E-state index in [2.05, 4.69) is 10.3 Å². The van der Waals surface area contributed by atoms with Gasteiger partial charge in [0.25, 0.3) is 0 Å². The summed E-state index contributed by atoms with van der Waals surface area (Å²) in [6.07, 6.45) is 5.38. The number of anilines is 1. The highest BCUT2D eigenvalue weighted by atomic mass is 32.1. The fourth-order valence-electron chi connectivity index (χ4n) is 3.46. The zero-order chi connectivity index (χ0) is 19.7. The molecule has 1 aliphatic carbocycles. The number of aromatic nitrogens is 1. The Bertz CT molecular complexity index is 889. The van der Waals surface area contributed by atoms with E-state index < -0.39 is 11.6 Å². The van der Waals surface area contributed by atoms with Gasteiger partial charge in [0.2, 0.25) is 11.8 Å². The maximum absolute atomic E-state index is 13.3. The van der Waals surface area contributed by atoms with Crippen molar-refractivity contribution in [2.24, 2.45) is 11.8 Å². The number of halogens is 2. The molecule has 1 saturated carbocycles. The molecule has 2 fully saturated rings. The molecule has 1 N–H and O–H groups in total. The van der Waals surface area contributed by atoms with Crippen molar-refractivity contribution < 1.29 is 18.4 Å². The molecule has 0 radical (unpaired) electrons. The van der Waals surface area contributed by atoms with Crippen molar-refractivity contribution in [3.05, 3.63) is 46.5 Å². The molecule has 28 heavy (non-hydrogen) atoms. The number of hydrogen-bond donors (Lipinski definition) is 1. The third-order valence-electron chi connectivity index (χ3n) is 5.25. The number of carbonyl (C=O) groups excluding carboxylic acids is 2. The first-order chi connectivity index (χ1) is 13.5. The third-order valence-corrected chi connectivity index (χ3v) is 6.16. The second kappa shape index (κ2) is 7.95. The fraction of sp³-hybridized carbons (Fsp3) is 0.450. The van der Waals surface area contributed by atoms with Gasteiger partial charge in [-0.1, -0.05) is 6.07 Å². The molecule has 1 aliphatic heterocycles. The van der Waals surface area contributed by atoms with Crippen molar-refractivity contribution in [2.45, 2.75) is 32.1 Å². The van der Waals surface area contributed by atoms with Gasteiger partial charge >= 0.3 is 0 Å². The average molecular weight is 405 g/mol. The highest BCUT2D eigenvalue weighted by molar-refractivity contribution is 7.15. The molecule has 2 aliphatic rings. The topological polar surface area (TPSA) is 62.3 Å². The van der Waals surface area contributed by atoms with Crippen molar-refractivity contribution in [1.82, 2.24) is 9.88 Å². The summed E-state index contributed by atoms with van der Waals surface area (Å²) < 4.78 is 26.3. The summed E-state index contributed by atoms with van der Waals surface area (Å²) in [5.41, 5.74) is 0.646. The highest BCUT2D eigenvalue weighted by Crippen LogP contribution is 2.32. The van der Waals surface area contributed by atoms with Crippen LogP contribution in [0.1, 0.15) is 36.1 Å². The first-order valence-corrected chi connectivity index (χ1v) is 10.3. The van der Waals surface area contributed by atoms with Crippen LogP contribution in [-0.2, 0) is 16.0 Å². The van der Waals surface area contributed by atoms with Crippen molar-refractivity contribution in [1.29, 1.82) is 0 Å². The molecule has 5 nitrogen and oxygen atoms in total. The van der Waals surface area contributed by atoms with E-state index in [1.54, 1.807) is 6.20 Å². The summed E-state index contributed by atoms with van der Waals surface area (Å²) in [6, 6.07) is 3.81. The van der Waals surface area contributed by atoms with Crippen LogP contribution in [0.3, 0.4) is 0 Å². The van der Waals surface area contributed by atoms with E-state index in [4.69, 9.17) is 0 Å². The maximum Gasteiger partial charge on any atom is 0.229 e. The number of nitrogens with zero attached hydrogens (tertiary/aromatic N) is 2. The Kier molecular flexibility index (Phi) is 5.39.